The summed E-state index contributed by atoms with van der Waals surface area (Å²) in [5, 5.41) is 14.1. The average molecular weight is 826 g/mol. The van der Waals surface area contributed by atoms with Crippen LogP contribution in [0.3, 0.4) is 0 Å². The number of aliphatic carboxylic acids is 1. The quantitative estimate of drug-likeness (QED) is 0.0542. The van der Waals surface area contributed by atoms with Gasteiger partial charge in [0.05, 0.1) is 15.2 Å². The van der Waals surface area contributed by atoms with Gasteiger partial charge in [-0.2, -0.15) is 21.4 Å². The molecule has 0 radical (unpaired) electrons. The number of hydrogen-bond donors (Lipinski definition) is 5. The van der Waals surface area contributed by atoms with Crippen LogP contribution < -0.4 is 15.5 Å². The fourth-order valence-corrected chi connectivity index (χ4v) is 8.42. The molecule has 2 aromatic carbocycles. The van der Waals surface area contributed by atoms with Crippen molar-refractivity contribution in [2.45, 2.75) is 99.8 Å². The van der Waals surface area contributed by atoms with Crippen molar-refractivity contribution in [2.24, 2.45) is 0 Å². The number of hydrogen-bond acceptors (Lipinski definition) is 8. The van der Waals surface area contributed by atoms with Crippen LogP contribution in [0.15, 0.2) is 94.4 Å². The zero-order chi connectivity index (χ0) is 42.3. The van der Waals surface area contributed by atoms with Gasteiger partial charge in [0.1, 0.15) is 12.6 Å². The largest absolute Gasteiger partial charge is 0.481 e. The first-order chi connectivity index (χ1) is 26.6. The topological polar surface area (TPSA) is 210 Å². The second-order valence-electron chi connectivity index (χ2n) is 15.0. The summed E-state index contributed by atoms with van der Waals surface area (Å²) in [7, 11) is -7.37. The normalized spacial score (nSPS) is 17.5. The van der Waals surface area contributed by atoms with Crippen molar-refractivity contribution in [3.05, 3.63) is 95.8 Å². The maximum Gasteiger partial charge on any atom is 0.303 e. The number of allylic oxidation sites excluding steroid dienone is 8. The van der Waals surface area contributed by atoms with Crippen LogP contribution in [0.5, 0.6) is 0 Å². The maximum absolute atomic E-state index is 12.6. The van der Waals surface area contributed by atoms with Gasteiger partial charge in [-0.05, 0) is 82.0 Å². The van der Waals surface area contributed by atoms with Crippen molar-refractivity contribution >= 4 is 55.1 Å². The second-order valence-corrected chi connectivity index (χ2v) is 17.8. The molecule has 2 aliphatic heterocycles. The Kier molecular flexibility index (Phi) is 14.3. The van der Waals surface area contributed by atoms with Crippen LogP contribution >= 0.6 is 0 Å². The van der Waals surface area contributed by atoms with Crippen LogP contribution in [0.4, 0.5) is 11.4 Å². The highest BCUT2D eigenvalue weighted by atomic mass is 32.2. The predicted octanol–water partition coefficient (Wildman–Crippen LogP) is 5.58. The van der Waals surface area contributed by atoms with Crippen LogP contribution in [0.2, 0.25) is 0 Å². The van der Waals surface area contributed by atoms with Crippen molar-refractivity contribution in [1.82, 2.24) is 10.6 Å². The Bertz CT molecular complexity index is 2270. The number of rotatable bonds is 18. The summed E-state index contributed by atoms with van der Waals surface area (Å²) < 4.78 is 69.2. The lowest BCUT2D eigenvalue weighted by Gasteiger charge is -2.27. The molecule has 2 heterocycles. The number of carbonyl (C=O) groups excluding carboxylic acids is 2. The van der Waals surface area contributed by atoms with Gasteiger partial charge in [-0.15, -0.1) is 0 Å². The van der Waals surface area contributed by atoms with Crippen LogP contribution in [-0.2, 0) is 45.4 Å². The zero-order valence-corrected chi connectivity index (χ0v) is 34.8. The zero-order valence-electron chi connectivity index (χ0n) is 33.2. The number of unbranched alkanes of at least 4 members (excludes halogenated alkanes) is 2. The van der Waals surface area contributed by atoms with E-state index < -0.39 is 49.0 Å². The SMILES string of the molecule is CC[N+]1=C(/C=C/C=C/C=C/C=C2/N(CCCCCC(=O)N[C@H](CCC(=O)O)C(=O)NC)c3ccc(S(=O)(=O)O)cc3C2(C)C)C(C)(C)c2cc(S(=O)(=O)O)ccc21. The lowest BCUT2D eigenvalue weighted by Crippen LogP contribution is -2.45. The number of carboxylic acid groups (broad SMARTS) is 1. The number of benzene rings is 2. The molecule has 4 rings (SSSR count). The molecule has 14 nitrogen and oxygen atoms in total. The van der Waals surface area contributed by atoms with Gasteiger partial charge >= 0.3 is 5.97 Å². The minimum atomic E-state index is -4.44. The molecule has 2 aromatic rings. The predicted molar refractivity (Wildman–Crippen MR) is 218 cm³/mol. The molecule has 0 fully saturated rings. The van der Waals surface area contributed by atoms with Gasteiger partial charge < -0.3 is 20.6 Å². The third-order valence-electron chi connectivity index (χ3n) is 10.4. The molecular weight excluding hydrogens is 773 g/mol. The molecule has 0 saturated carbocycles. The van der Waals surface area contributed by atoms with Crippen molar-refractivity contribution in [2.75, 3.05) is 25.0 Å². The Hall–Kier alpha value is -4.90. The van der Waals surface area contributed by atoms with E-state index in [0.29, 0.717) is 32.4 Å². The van der Waals surface area contributed by atoms with E-state index in [1.165, 1.54) is 31.3 Å². The van der Waals surface area contributed by atoms with E-state index in [-0.39, 0.29) is 35.0 Å². The fraction of sp³-hybridized carbons (Fsp3) is 0.415. The van der Waals surface area contributed by atoms with Crippen LogP contribution in [-0.4, -0.2) is 85.3 Å². The standard InChI is InChI=1S/C41H52N4O10S2/c1-7-44-33-22-19-28(56(50,51)52)26-30(33)40(2,3)35(44)16-12-9-8-10-13-17-36-41(4,5)31-27-29(57(53,54)55)20-23-34(31)45(36)25-15-11-14-18-37(46)43-32(39(49)42-6)21-24-38(47)48/h8-10,12-13,16-17,19-20,22-23,26-27,32H,7,11,14-15,18,21,24-25H2,1-6H3,(H4-,42,43,46,47,48,49,50,51,52,53,54,55)/p+1/t32-/m1/s1. The summed E-state index contributed by atoms with van der Waals surface area (Å²) in [6, 6.07) is 8.25. The number of nitrogens with zero attached hydrogens (tertiary/aromatic N) is 2. The van der Waals surface area contributed by atoms with E-state index in [0.717, 1.165) is 33.9 Å². The van der Waals surface area contributed by atoms with E-state index >= 15 is 0 Å². The van der Waals surface area contributed by atoms with E-state index in [1.807, 2.05) is 77.2 Å². The van der Waals surface area contributed by atoms with Gasteiger partial charge in [-0.3, -0.25) is 23.5 Å². The number of likely N-dealkylation sites (N-methyl/N-ethyl adjacent to an activating group) is 1. The van der Waals surface area contributed by atoms with Gasteiger partial charge in [0.2, 0.25) is 17.5 Å². The Morgan fingerprint density at radius 2 is 1.44 bits per heavy atom. The molecule has 0 aliphatic carbocycles. The Balaban J connectivity index is 1.48. The van der Waals surface area contributed by atoms with E-state index in [1.54, 1.807) is 12.1 Å². The van der Waals surface area contributed by atoms with Gasteiger partial charge in [0, 0.05) is 60.9 Å². The number of carbonyl (C=O) groups is 3. The maximum atomic E-state index is 12.6. The third-order valence-corrected chi connectivity index (χ3v) is 12.1. The van der Waals surface area contributed by atoms with E-state index in [9.17, 15) is 40.3 Å². The van der Waals surface area contributed by atoms with Crippen molar-refractivity contribution in [3.8, 4) is 0 Å². The molecule has 16 heteroatoms. The summed E-state index contributed by atoms with van der Waals surface area (Å²) in [5.74, 6) is -1.87. The summed E-state index contributed by atoms with van der Waals surface area (Å²) in [4.78, 5) is 37.5. The molecule has 1 atom stereocenters. The van der Waals surface area contributed by atoms with Crippen LogP contribution in [0.1, 0.15) is 84.3 Å². The lowest BCUT2D eigenvalue weighted by molar-refractivity contribution is -0.433. The monoisotopic (exact) mass is 825 g/mol. The molecule has 57 heavy (non-hydrogen) atoms. The number of amides is 2. The Morgan fingerprint density at radius 3 is 2.05 bits per heavy atom. The van der Waals surface area contributed by atoms with E-state index in [4.69, 9.17) is 5.11 Å². The first-order valence-corrected chi connectivity index (χ1v) is 21.6. The summed E-state index contributed by atoms with van der Waals surface area (Å²) in [6.45, 7) is 11.2. The number of anilines is 1. The van der Waals surface area contributed by atoms with E-state index in [2.05, 4.69) is 20.1 Å². The van der Waals surface area contributed by atoms with Crippen LogP contribution in [0.25, 0.3) is 0 Å². The Labute approximate surface area is 335 Å². The lowest BCUT2D eigenvalue weighted by atomic mass is 9.81. The van der Waals surface area contributed by atoms with Crippen molar-refractivity contribution in [1.29, 1.82) is 0 Å². The van der Waals surface area contributed by atoms with Gasteiger partial charge in [0.25, 0.3) is 20.2 Å². The molecule has 2 aliphatic rings. The highest BCUT2D eigenvalue weighted by molar-refractivity contribution is 7.86. The average Bonchev–Trinajstić information content (AvgIpc) is 3.48. The number of nitrogens with one attached hydrogen (secondary N) is 2. The molecule has 0 aromatic heterocycles. The molecule has 0 spiro atoms. The molecule has 308 valence electrons. The molecule has 0 bridgehead atoms. The first-order valence-electron chi connectivity index (χ1n) is 18.8. The van der Waals surface area contributed by atoms with Gasteiger partial charge in [0.15, 0.2) is 5.71 Å². The highest BCUT2D eigenvalue weighted by Gasteiger charge is 2.44. The summed E-state index contributed by atoms with van der Waals surface area (Å²) in [5.41, 5.74) is 3.93. The van der Waals surface area contributed by atoms with Crippen molar-refractivity contribution in [3.63, 3.8) is 0 Å². The number of carboxylic acids is 1. The molecular formula is C41H53N4O10S2+. The fourth-order valence-electron chi connectivity index (χ4n) is 7.41. The number of fused-ring (bicyclic) bond motifs is 2. The summed E-state index contributed by atoms with van der Waals surface area (Å²) in [6.07, 6.45) is 15.1. The minimum absolute atomic E-state index is 0.0181. The first kappa shape index (κ1) is 44.8. The van der Waals surface area contributed by atoms with Gasteiger partial charge in [-0.1, -0.05) is 50.6 Å². The smallest absolute Gasteiger partial charge is 0.303 e. The second kappa shape index (κ2) is 18.1. The molecule has 5 N–H and O–H groups in total. The van der Waals surface area contributed by atoms with Gasteiger partial charge in [-0.25, -0.2) is 0 Å². The molecule has 0 unspecified atom stereocenters. The molecule has 2 amide bonds. The van der Waals surface area contributed by atoms with Crippen LogP contribution in [0, 0.1) is 0 Å². The third kappa shape index (κ3) is 10.5. The summed E-state index contributed by atoms with van der Waals surface area (Å²) >= 11 is 0. The molecule has 0 saturated heterocycles. The van der Waals surface area contributed by atoms with Crippen molar-refractivity contribution < 1.29 is 50.0 Å². The highest BCUT2D eigenvalue weighted by Crippen LogP contribution is 2.48. The minimum Gasteiger partial charge on any atom is -0.481 e. The Morgan fingerprint density at radius 1 is 0.825 bits per heavy atom.